The lowest BCUT2D eigenvalue weighted by Crippen LogP contribution is -2.38. The zero-order valence-electron chi connectivity index (χ0n) is 15.7. The van der Waals surface area contributed by atoms with E-state index in [0.29, 0.717) is 11.6 Å². The van der Waals surface area contributed by atoms with Crippen molar-refractivity contribution in [2.75, 3.05) is 25.0 Å². The van der Waals surface area contributed by atoms with Gasteiger partial charge in [-0.25, -0.2) is 4.98 Å². The van der Waals surface area contributed by atoms with Crippen molar-refractivity contribution in [1.29, 1.82) is 0 Å². The minimum Gasteiger partial charge on any atom is -0.342 e. The topological polar surface area (TPSA) is 61.0 Å². The van der Waals surface area contributed by atoms with E-state index >= 15 is 0 Å². The normalized spacial score (nSPS) is 16.2. The molecule has 2 heterocycles. The summed E-state index contributed by atoms with van der Waals surface area (Å²) in [6.07, 6.45) is -2.59. The van der Waals surface area contributed by atoms with Gasteiger partial charge in [-0.1, -0.05) is 12.1 Å². The third-order valence-corrected chi connectivity index (χ3v) is 5.25. The van der Waals surface area contributed by atoms with Crippen molar-refractivity contribution in [3.05, 3.63) is 59.9 Å². The van der Waals surface area contributed by atoms with Crippen LogP contribution in [0.1, 0.15) is 30.1 Å². The van der Waals surface area contributed by atoms with E-state index in [1.807, 2.05) is 24.3 Å². The number of imidazole rings is 1. The number of carbonyl (C=O) groups is 1. The minimum atomic E-state index is -4.38. The van der Waals surface area contributed by atoms with Gasteiger partial charge in [0.15, 0.2) is 0 Å². The van der Waals surface area contributed by atoms with Crippen LogP contribution in [-0.2, 0) is 11.0 Å². The van der Waals surface area contributed by atoms with Crippen molar-refractivity contribution < 1.29 is 18.0 Å². The lowest BCUT2D eigenvalue weighted by Gasteiger charge is -2.30. The van der Waals surface area contributed by atoms with Gasteiger partial charge in [0.05, 0.1) is 23.1 Å². The maximum Gasteiger partial charge on any atom is 0.416 e. The first kappa shape index (κ1) is 19.4. The minimum absolute atomic E-state index is 0.216. The molecule has 0 spiro atoms. The maximum absolute atomic E-state index is 12.6. The second-order valence-corrected chi connectivity index (χ2v) is 7.31. The SMILES string of the molecule is O=C(CN1CCC(c2nc3ccccc3[nH]2)CC1)Nc1ccc(C(F)(F)F)cc1. The fourth-order valence-electron chi connectivity index (χ4n) is 3.68. The molecule has 2 aromatic carbocycles. The summed E-state index contributed by atoms with van der Waals surface area (Å²) in [6.45, 7) is 1.75. The maximum atomic E-state index is 12.6. The number of rotatable bonds is 4. The van der Waals surface area contributed by atoms with Gasteiger partial charge < -0.3 is 10.3 Å². The van der Waals surface area contributed by atoms with Gasteiger partial charge in [-0.3, -0.25) is 9.69 Å². The lowest BCUT2D eigenvalue weighted by atomic mass is 9.96. The van der Waals surface area contributed by atoms with Gasteiger partial charge in [0.2, 0.25) is 5.91 Å². The number of likely N-dealkylation sites (tertiary alicyclic amines) is 1. The number of para-hydroxylation sites is 2. The van der Waals surface area contributed by atoms with E-state index in [2.05, 4.69) is 20.2 Å². The smallest absolute Gasteiger partial charge is 0.342 e. The van der Waals surface area contributed by atoms with Crippen molar-refractivity contribution in [1.82, 2.24) is 14.9 Å². The van der Waals surface area contributed by atoms with E-state index in [4.69, 9.17) is 0 Å². The molecular formula is C21H21F3N4O. The fourth-order valence-corrected chi connectivity index (χ4v) is 3.68. The van der Waals surface area contributed by atoms with E-state index in [1.54, 1.807) is 0 Å². The van der Waals surface area contributed by atoms with Crippen LogP contribution in [-0.4, -0.2) is 40.4 Å². The Morgan fingerprint density at radius 3 is 2.45 bits per heavy atom. The molecule has 4 rings (SSSR count). The Hall–Kier alpha value is -2.87. The van der Waals surface area contributed by atoms with Crippen LogP contribution >= 0.6 is 0 Å². The zero-order valence-corrected chi connectivity index (χ0v) is 15.7. The summed E-state index contributed by atoms with van der Waals surface area (Å²) in [5.41, 5.74) is 1.62. The Balaban J connectivity index is 1.28. The van der Waals surface area contributed by atoms with Crippen LogP contribution < -0.4 is 5.32 Å². The van der Waals surface area contributed by atoms with Crippen LogP contribution in [0.25, 0.3) is 11.0 Å². The number of amides is 1. The molecule has 0 aliphatic carbocycles. The van der Waals surface area contributed by atoms with Gasteiger partial charge in [-0.2, -0.15) is 13.2 Å². The summed E-state index contributed by atoms with van der Waals surface area (Å²) in [4.78, 5) is 22.3. The third kappa shape index (κ3) is 4.59. The van der Waals surface area contributed by atoms with Crippen LogP contribution in [0.4, 0.5) is 18.9 Å². The largest absolute Gasteiger partial charge is 0.416 e. The van der Waals surface area contributed by atoms with E-state index < -0.39 is 11.7 Å². The quantitative estimate of drug-likeness (QED) is 0.680. The standard InChI is InChI=1S/C21H21F3N4O/c22-21(23,24)15-5-7-16(8-6-15)25-19(29)13-28-11-9-14(10-12-28)20-26-17-3-1-2-4-18(17)27-20/h1-8,14H,9-13H2,(H,25,29)(H,26,27). The highest BCUT2D eigenvalue weighted by molar-refractivity contribution is 5.92. The molecule has 0 radical (unpaired) electrons. The number of aromatic amines is 1. The highest BCUT2D eigenvalue weighted by Gasteiger charge is 2.30. The van der Waals surface area contributed by atoms with Gasteiger partial charge >= 0.3 is 6.18 Å². The predicted molar refractivity (Wildman–Crippen MR) is 105 cm³/mol. The number of piperidine rings is 1. The Morgan fingerprint density at radius 1 is 1.10 bits per heavy atom. The molecule has 29 heavy (non-hydrogen) atoms. The Morgan fingerprint density at radius 2 is 1.79 bits per heavy atom. The zero-order chi connectivity index (χ0) is 20.4. The number of halogens is 3. The van der Waals surface area contributed by atoms with Gasteiger partial charge in [0, 0.05) is 11.6 Å². The molecule has 152 valence electrons. The molecular weight excluding hydrogens is 381 g/mol. The van der Waals surface area contributed by atoms with Crippen LogP contribution in [0.15, 0.2) is 48.5 Å². The summed E-state index contributed by atoms with van der Waals surface area (Å²) in [5.74, 6) is 1.09. The molecule has 1 amide bonds. The van der Waals surface area contributed by atoms with E-state index in [9.17, 15) is 18.0 Å². The van der Waals surface area contributed by atoms with Gasteiger partial charge in [0.1, 0.15) is 5.82 Å². The van der Waals surface area contributed by atoms with Crippen LogP contribution in [0.5, 0.6) is 0 Å². The second kappa shape index (κ2) is 7.87. The number of benzene rings is 2. The molecule has 1 aliphatic heterocycles. The first-order valence-corrected chi connectivity index (χ1v) is 9.52. The van der Waals surface area contributed by atoms with E-state index in [-0.39, 0.29) is 12.5 Å². The van der Waals surface area contributed by atoms with Crippen molar-refractivity contribution in [3.8, 4) is 0 Å². The molecule has 1 fully saturated rings. The number of hydrogen-bond donors (Lipinski definition) is 2. The van der Waals surface area contributed by atoms with Crippen molar-refractivity contribution >= 4 is 22.6 Å². The molecule has 3 aromatic rings. The molecule has 5 nitrogen and oxygen atoms in total. The highest BCUT2D eigenvalue weighted by atomic mass is 19.4. The summed E-state index contributed by atoms with van der Waals surface area (Å²) < 4.78 is 37.8. The van der Waals surface area contributed by atoms with Gasteiger partial charge in [-0.05, 0) is 62.3 Å². The van der Waals surface area contributed by atoms with Crippen LogP contribution in [0.2, 0.25) is 0 Å². The molecule has 8 heteroatoms. The number of aromatic nitrogens is 2. The molecule has 1 aliphatic rings. The average Bonchev–Trinajstić information content (AvgIpc) is 3.12. The molecule has 0 unspecified atom stereocenters. The molecule has 1 saturated heterocycles. The van der Waals surface area contributed by atoms with Crippen LogP contribution in [0, 0.1) is 0 Å². The first-order chi connectivity index (χ1) is 13.9. The molecule has 1 aromatic heterocycles. The second-order valence-electron chi connectivity index (χ2n) is 7.31. The van der Waals surface area contributed by atoms with E-state index in [1.165, 1.54) is 12.1 Å². The number of nitrogens with zero attached hydrogens (tertiary/aromatic N) is 2. The molecule has 2 N–H and O–H groups in total. The van der Waals surface area contributed by atoms with Gasteiger partial charge in [0.25, 0.3) is 0 Å². The number of carbonyl (C=O) groups excluding carboxylic acids is 1. The number of hydrogen-bond acceptors (Lipinski definition) is 3. The summed E-state index contributed by atoms with van der Waals surface area (Å²) in [7, 11) is 0. The summed E-state index contributed by atoms with van der Waals surface area (Å²) in [5, 5.41) is 2.66. The fraction of sp³-hybridized carbons (Fsp3) is 0.333. The molecule has 0 bridgehead atoms. The molecule has 0 atom stereocenters. The Bertz CT molecular complexity index is 956. The molecule has 0 saturated carbocycles. The predicted octanol–water partition coefficient (Wildman–Crippen LogP) is 4.40. The van der Waals surface area contributed by atoms with Crippen molar-refractivity contribution in [2.45, 2.75) is 24.9 Å². The number of alkyl halides is 3. The summed E-state index contributed by atoms with van der Waals surface area (Å²) >= 11 is 0. The van der Waals surface area contributed by atoms with Crippen molar-refractivity contribution in [2.24, 2.45) is 0 Å². The monoisotopic (exact) mass is 402 g/mol. The van der Waals surface area contributed by atoms with Gasteiger partial charge in [-0.15, -0.1) is 0 Å². The number of H-pyrrole nitrogens is 1. The van der Waals surface area contributed by atoms with Crippen LogP contribution in [0.3, 0.4) is 0 Å². The van der Waals surface area contributed by atoms with E-state index in [0.717, 1.165) is 54.9 Å². The number of nitrogens with one attached hydrogen (secondary N) is 2. The van der Waals surface area contributed by atoms with Crippen molar-refractivity contribution in [3.63, 3.8) is 0 Å². The number of anilines is 1. The first-order valence-electron chi connectivity index (χ1n) is 9.52. The lowest BCUT2D eigenvalue weighted by molar-refractivity contribution is -0.137. The highest BCUT2D eigenvalue weighted by Crippen LogP contribution is 2.30. The summed E-state index contributed by atoms with van der Waals surface area (Å²) in [6, 6.07) is 12.4. The Kier molecular flexibility index (Phi) is 5.27. The number of fused-ring (bicyclic) bond motifs is 1. The average molecular weight is 402 g/mol. The third-order valence-electron chi connectivity index (χ3n) is 5.25. The Labute approximate surface area is 165 Å².